The van der Waals surface area contributed by atoms with Crippen molar-refractivity contribution < 1.29 is 23.1 Å². The van der Waals surface area contributed by atoms with Crippen molar-refractivity contribution in [3.8, 4) is 0 Å². The van der Waals surface area contributed by atoms with Gasteiger partial charge in [0.15, 0.2) is 5.69 Å². The number of hydrogen-bond acceptors (Lipinski definition) is 4. The van der Waals surface area contributed by atoms with Crippen molar-refractivity contribution >= 4 is 11.8 Å². The van der Waals surface area contributed by atoms with Gasteiger partial charge in [0.25, 0.3) is 0 Å². The first-order valence-corrected chi connectivity index (χ1v) is 6.13. The molecule has 112 valence electrons. The maximum absolute atomic E-state index is 12.3. The molecule has 0 aromatic carbocycles. The van der Waals surface area contributed by atoms with Crippen LogP contribution in [-0.4, -0.2) is 27.8 Å². The minimum atomic E-state index is -4.54. The second kappa shape index (κ2) is 6.06. The highest BCUT2D eigenvalue weighted by Gasteiger charge is 2.35. The standard InChI is InChI=1S/C12H16F3N3O2/c1-3-11(4-2,10(19)20)7-16-9-6-5-8(17-18-9)12(13,14)15/h5-6H,3-4,7H2,1-2H3,(H,16,18)(H,19,20). The lowest BCUT2D eigenvalue weighted by molar-refractivity contribution is -0.148. The Bertz CT molecular complexity index is 456. The van der Waals surface area contributed by atoms with Gasteiger partial charge in [0.05, 0.1) is 5.41 Å². The summed E-state index contributed by atoms with van der Waals surface area (Å²) >= 11 is 0. The van der Waals surface area contributed by atoms with Crippen molar-refractivity contribution in [2.24, 2.45) is 5.41 Å². The van der Waals surface area contributed by atoms with Crippen molar-refractivity contribution in [1.29, 1.82) is 0 Å². The highest BCUT2D eigenvalue weighted by molar-refractivity contribution is 5.75. The molecule has 0 aliphatic heterocycles. The highest BCUT2D eigenvalue weighted by atomic mass is 19.4. The van der Waals surface area contributed by atoms with Gasteiger partial charge >= 0.3 is 12.1 Å². The third-order valence-electron chi connectivity index (χ3n) is 3.37. The number of carboxylic acid groups (broad SMARTS) is 1. The molecule has 0 saturated heterocycles. The minimum absolute atomic E-state index is 0.0787. The van der Waals surface area contributed by atoms with E-state index in [0.29, 0.717) is 12.8 Å². The number of nitrogens with zero attached hydrogens (tertiary/aromatic N) is 2. The van der Waals surface area contributed by atoms with E-state index in [1.54, 1.807) is 13.8 Å². The Morgan fingerprint density at radius 2 is 1.85 bits per heavy atom. The molecule has 0 saturated carbocycles. The number of aromatic nitrogens is 2. The lowest BCUT2D eigenvalue weighted by Crippen LogP contribution is -2.37. The molecule has 1 rings (SSSR count). The zero-order valence-electron chi connectivity index (χ0n) is 11.2. The summed E-state index contributed by atoms with van der Waals surface area (Å²) in [5.41, 5.74) is -2.05. The fourth-order valence-electron chi connectivity index (χ4n) is 1.72. The number of halogens is 3. The van der Waals surface area contributed by atoms with Crippen LogP contribution >= 0.6 is 0 Å². The summed E-state index contributed by atoms with van der Waals surface area (Å²) in [6, 6.07) is 1.93. The van der Waals surface area contributed by atoms with Gasteiger partial charge in [0.2, 0.25) is 0 Å². The number of alkyl halides is 3. The third kappa shape index (κ3) is 3.58. The van der Waals surface area contributed by atoms with E-state index in [-0.39, 0.29) is 12.4 Å². The van der Waals surface area contributed by atoms with E-state index in [1.807, 2.05) is 0 Å². The van der Waals surface area contributed by atoms with Gasteiger partial charge < -0.3 is 10.4 Å². The zero-order chi connectivity index (χ0) is 15.4. The normalized spacial score (nSPS) is 12.2. The number of hydrogen-bond donors (Lipinski definition) is 2. The van der Waals surface area contributed by atoms with E-state index in [4.69, 9.17) is 0 Å². The topological polar surface area (TPSA) is 75.1 Å². The van der Waals surface area contributed by atoms with Crippen LogP contribution in [0.4, 0.5) is 19.0 Å². The maximum atomic E-state index is 12.3. The predicted octanol–water partition coefficient (Wildman–Crippen LogP) is 2.80. The maximum Gasteiger partial charge on any atom is 0.435 e. The number of aliphatic carboxylic acids is 1. The van der Waals surface area contributed by atoms with Crippen LogP contribution in [0.15, 0.2) is 12.1 Å². The van der Waals surface area contributed by atoms with Gasteiger partial charge in [-0.1, -0.05) is 13.8 Å². The molecule has 0 spiro atoms. The molecule has 0 unspecified atom stereocenters. The fourth-order valence-corrected chi connectivity index (χ4v) is 1.72. The first-order chi connectivity index (χ1) is 9.25. The summed E-state index contributed by atoms with van der Waals surface area (Å²) in [5.74, 6) is -0.833. The Morgan fingerprint density at radius 1 is 1.25 bits per heavy atom. The number of nitrogens with one attached hydrogen (secondary N) is 1. The summed E-state index contributed by atoms with van der Waals surface area (Å²) in [6.07, 6.45) is -3.73. The molecule has 5 nitrogen and oxygen atoms in total. The highest BCUT2D eigenvalue weighted by Crippen LogP contribution is 2.28. The number of carbonyl (C=O) groups is 1. The van der Waals surface area contributed by atoms with Crippen LogP contribution in [0.2, 0.25) is 0 Å². The molecule has 0 bridgehead atoms. The van der Waals surface area contributed by atoms with E-state index in [1.165, 1.54) is 0 Å². The Hall–Kier alpha value is -1.86. The Morgan fingerprint density at radius 3 is 2.20 bits per heavy atom. The molecule has 0 radical (unpaired) electrons. The van der Waals surface area contributed by atoms with Crippen LogP contribution in [0.3, 0.4) is 0 Å². The van der Waals surface area contributed by atoms with Gasteiger partial charge in [0, 0.05) is 6.54 Å². The van der Waals surface area contributed by atoms with E-state index < -0.39 is 23.3 Å². The molecule has 0 aliphatic carbocycles. The Balaban J connectivity index is 2.77. The average Bonchev–Trinajstić information content (AvgIpc) is 2.39. The van der Waals surface area contributed by atoms with Crippen LogP contribution < -0.4 is 5.32 Å². The quantitative estimate of drug-likeness (QED) is 0.843. The fraction of sp³-hybridized carbons (Fsp3) is 0.583. The SMILES string of the molecule is CCC(CC)(CNc1ccc(C(F)(F)F)nn1)C(=O)O. The molecule has 0 aliphatic rings. The van der Waals surface area contributed by atoms with E-state index in [9.17, 15) is 23.1 Å². The number of carboxylic acids is 1. The van der Waals surface area contributed by atoms with Gasteiger partial charge in [-0.15, -0.1) is 10.2 Å². The van der Waals surface area contributed by atoms with Crippen LogP contribution in [0.5, 0.6) is 0 Å². The molecular formula is C12H16F3N3O2. The number of anilines is 1. The van der Waals surface area contributed by atoms with Crippen molar-refractivity contribution in [2.45, 2.75) is 32.9 Å². The summed E-state index contributed by atoms with van der Waals surface area (Å²) in [5, 5.41) is 18.4. The van der Waals surface area contributed by atoms with Crippen molar-refractivity contribution in [3.63, 3.8) is 0 Å². The number of rotatable bonds is 6. The molecule has 0 fully saturated rings. The van der Waals surface area contributed by atoms with Crippen LogP contribution in [-0.2, 0) is 11.0 Å². The molecule has 1 aromatic rings. The lowest BCUT2D eigenvalue weighted by Gasteiger charge is -2.26. The van der Waals surface area contributed by atoms with Gasteiger partial charge in [-0.05, 0) is 25.0 Å². The summed E-state index contributed by atoms with van der Waals surface area (Å²) in [4.78, 5) is 11.3. The van der Waals surface area contributed by atoms with Crippen LogP contribution in [0.25, 0.3) is 0 Å². The summed E-state index contributed by atoms with van der Waals surface area (Å²) in [7, 11) is 0. The Labute approximate surface area is 114 Å². The summed E-state index contributed by atoms with van der Waals surface area (Å²) in [6.45, 7) is 3.57. The van der Waals surface area contributed by atoms with Gasteiger partial charge in [-0.25, -0.2) is 0 Å². The van der Waals surface area contributed by atoms with Gasteiger partial charge in [0.1, 0.15) is 5.82 Å². The van der Waals surface area contributed by atoms with Crippen LogP contribution in [0.1, 0.15) is 32.4 Å². The Kier molecular flexibility index (Phi) is 4.91. The molecule has 0 amide bonds. The minimum Gasteiger partial charge on any atom is -0.481 e. The largest absolute Gasteiger partial charge is 0.481 e. The van der Waals surface area contributed by atoms with Crippen LogP contribution in [0, 0.1) is 5.41 Å². The monoisotopic (exact) mass is 291 g/mol. The van der Waals surface area contributed by atoms with Crippen molar-refractivity contribution in [2.75, 3.05) is 11.9 Å². The van der Waals surface area contributed by atoms with Crippen molar-refractivity contribution in [1.82, 2.24) is 10.2 Å². The molecule has 1 heterocycles. The lowest BCUT2D eigenvalue weighted by atomic mass is 9.82. The van der Waals surface area contributed by atoms with E-state index in [2.05, 4.69) is 15.5 Å². The van der Waals surface area contributed by atoms with E-state index >= 15 is 0 Å². The predicted molar refractivity (Wildman–Crippen MR) is 66.2 cm³/mol. The zero-order valence-corrected chi connectivity index (χ0v) is 11.2. The third-order valence-corrected chi connectivity index (χ3v) is 3.37. The molecule has 0 atom stereocenters. The molecular weight excluding hydrogens is 275 g/mol. The van der Waals surface area contributed by atoms with Gasteiger partial charge in [-0.2, -0.15) is 13.2 Å². The van der Waals surface area contributed by atoms with E-state index in [0.717, 1.165) is 12.1 Å². The molecule has 8 heteroatoms. The average molecular weight is 291 g/mol. The first-order valence-electron chi connectivity index (χ1n) is 6.13. The molecule has 20 heavy (non-hydrogen) atoms. The molecule has 1 aromatic heterocycles. The second-order valence-electron chi connectivity index (χ2n) is 4.45. The molecule has 2 N–H and O–H groups in total. The van der Waals surface area contributed by atoms with Crippen molar-refractivity contribution in [3.05, 3.63) is 17.8 Å². The second-order valence-corrected chi connectivity index (χ2v) is 4.45. The smallest absolute Gasteiger partial charge is 0.435 e. The summed E-state index contributed by atoms with van der Waals surface area (Å²) < 4.78 is 36.9. The first kappa shape index (κ1) is 16.2. The van der Waals surface area contributed by atoms with Gasteiger partial charge in [-0.3, -0.25) is 4.79 Å².